The van der Waals surface area contributed by atoms with Crippen molar-refractivity contribution in [1.82, 2.24) is 15.1 Å². The van der Waals surface area contributed by atoms with Crippen LogP contribution >= 0.6 is 0 Å². The van der Waals surface area contributed by atoms with Crippen LogP contribution in [0.4, 0.5) is 10.1 Å². The highest BCUT2D eigenvalue weighted by molar-refractivity contribution is 6.01. The van der Waals surface area contributed by atoms with Crippen molar-refractivity contribution < 1.29 is 14.0 Å². The van der Waals surface area contributed by atoms with E-state index in [1.807, 2.05) is 48.9 Å². The van der Waals surface area contributed by atoms with Gasteiger partial charge in [0.2, 0.25) is 11.8 Å². The predicted molar refractivity (Wildman–Crippen MR) is 107 cm³/mol. The number of nitrogens with zero attached hydrogens (tertiary/aromatic N) is 2. The average molecular weight is 392 g/mol. The van der Waals surface area contributed by atoms with Gasteiger partial charge in [-0.25, -0.2) is 9.07 Å². The number of carbonyl (C=O) groups excluding carboxylic acids is 2. The first-order valence-corrected chi connectivity index (χ1v) is 9.41. The molecule has 1 aromatic heterocycles. The number of hydrogen-bond donors (Lipinski definition) is 2. The fourth-order valence-electron chi connectivity index (χ4n) is 3.72. The lowest BCUT2D eigenvalue weighted by Crippen LogP contribution is -2.35. The number of rotatable bonds is 4. The first-order valence-electron chi connectivity index (χ1n) is 9.41. The summed E-state index contributed by atoms with van der Waals surface area (Å²) in [4.78, 5) is 24.8. The van der Waals surface area contributed by atoms with Crippen molar-refractivity contribution in [3.05, 3.63) is 76.9 Å². The van der Waals surface area contributed by atoms with Crippen LogP contribution in [-0.4, -0.2) is 21.6 Å². The average Bonchev–Trinajstić information content (AvgIpc) is 2.99. The SMILES string of the molecule is Cc1nn(-c2ccccc2)c(C)c1CNC(=O)C1CC(=O)Nc2cc(F)ccc21. The molecule has 1 atom stereocenters. The fraction of sp³-hybridized carbons (Fsp3) is 0.227. The number of fused-ring (bicyclic) bond motifs is 1. The summed E-state index contributed by atoms with van der Waals surface area (Å²) < 4.78 is 15.3. The van der Waals surface area contributed by atoms with Crippen LogP contribution in [0.1, 0.15) is 34.9 Å². The van der Waals surface area contributed by atoms with Gasteiger partial charge >= 0.3 is 0 Å². The van der Waals surface area contributed by atoms with Crippen LogP contribution in [0.5, 0.6) is 0 Å². The lowest BCUT2D eigenvalue weighted by Gasteiger charge is -2.25. The monoisotopic (exact) mass is 392 g/mol. The Kier molecular flexibility index (Phi) is 4.88. The van der Waals surface area contributed by atoms with Crippen LogP contribution in [0, 0.1) is 19.7 Å². The van der Waals surface area contributed by atoms with E-state index < -0.39 is 11.7 Å². The highest BCUT2D eigenvalue weighted by Crippen LogP contribution is 2.33. The second-order valence-electron chi connectivity index (χ2n) is 7.15. The molecule has 0 radical (unpaired) electrons. The van der Waals surface area contributed by atoms with Crippen molar-refractivity contribution in [3.63, 3.8) is 0 Å². The summed E-state index contributed by atoms with van der Waals surface area (Å²) in [7, 11) is 0. The molecular formula is C22H21FN4O2. The number of para-hydroxylation sites is 1. The molecule has 0 spiro atoms. The van der Waals surface area contributed by atoms with Crippen molar-refractivity contribution >= 4 is 17.5 Å². The minimum absolute atomic E-state index is 0.0334. The van der Waals surface area contributed by atoms with Gasteiger partial charge in [-0.05, 0) is 43.7 Å². The second-order valence-corrected chi connectivity index (χ2v) is 7.15. The van der Waals surface area contributed by atoms with Gasteiger partial charge in [0.05, 0.1) is 17.3 Å². The highest BCUT2D eigenvalue weighted by atomic mass is 19.1. The van der Waals surface area contributed by atoms with Crippen LogP contribution < -0.4 is 10.6 Å². The normalized spacial score (nSPS) is 15.6. The molecule has 2 N–H and O–H groups in total. The van der Waals surface area contributed by atoms with E-state index in [0.717, 1.165) is 22.6 Å². The van der Waals surface area contributed by atoms with Gasteiger partial charge in [-0.3, -0.25) is 9.59 Å². The summed E-state index contributed by atoms with van der Waals surface area (Å²) in [5.41, 5.74) is 4.63. The Bertz CT molecular complexity index is 1090. The van der Waals surface area contributed by atoms with Crippen LogP contribution in [0.25, 0.3) is 5.69 Å². The van der Waals surface area contributed by atoms with Gasteiger partial charge in [-0.2, -0.15) is 5.10 Å². The van der Waals surface area contributed by atoms with E-state index in [-0.39, 0.29) is 18.2 Å². The van der Waals surface area contributed by atoms with E-state index in [2.05, 4.69) is 15.7 Å². The van der Waals surface area contributed by atoms with Crippen LogP contribution in [-0.2, 0) is 16.1 Å². The quantitative estimate of drug-likeness (QED) is 0.715. The first-order chi connectivity index (χ1) is 13.9. The van der Waals surface area contributed by atoms with E-state index in [4.69, 9.17) is 0 Å². The molecule has 2 heterocycles. The zero-order valence-electron chi connectivity index (χ0n) is 16.2. The van der Waals surface area contributed by atoms with Gasteiger partial charge in [-0.15, -0.1) is 0 Å². The topological polar surface area (TPSA) is 76.0 Å². The summed E-state index contributed by atoms with van der Waals surface area (Å²) in [5.74, 6) is -1.67. The number of aromatic nitrogens is 2. The van der Waals surface area contributed by atoms with E-state index in [0.29, 0.717) is 17.8 Å². The van der Waals surface area contributed by atoms with Crippen molar-refractivity contribution in [2.24, 2.45) is 0 Å². The Morgan fingerprint density at radius 3 is 2.76 bits per heavy atom. The lowest BCUT2D eigenvalue weighted by atomic mass is 9.89. The maximum absolute atomic E-state index is 13.5. The molecule has 0 fully saturated rings. The Morgan fingerprint density at radius 1 is 1.24 bits per heavy atom. The Morgan fingerprint density at radius 2 is 2.00 bits per heavy atom. The van der Waals surface area contributed by atoms with E-state index in [9.17, 15) is 14.0 Å². The molecule has 0 aliphatic carbocycles. The summed E-state index contributed by atoms with van der Waals surface area (Å²) in [6.07, 6.45) is 0.0334. The summed E-state index contributed by atoms with van der Waals surface area (Å²) in [6.45, 7) is 4.17. The van der Waals surface area contributed by atoms with Crippen LogP contribution in [0.3, 0.4) is 0 Å². The molecule has 148 valence electrons. The first kappa shape index (κ1) is 18.9. The number of halogens is 1. The molecule has 29 heavy (non-hydrogen) atoms. The Balaban J connectivity index is 1.54. The molecule has 2 aromatic carbocycles. The molecule has 4 rings (SSSR count). The van der Waals surface area contributed by atoms with Gasteiger partial charge in [0.25, 0.3) is 0 Å². The number of anilines is 1. The maximum Gasteiger partial charge on any atom is 0.228 e. The van der Waals surface area contributed by atoms with Crippen LogP contribution in [0.2, 0.25) is 0 Å². The minimum atomic E-state index is -0.649. The predicted octanol–water partition coefficient (Wildman–Crippen LogP) is 3.37. The minimum Gasteiger partial charge on any atom is -0.351 e. The molecule has 1 aliphatic heterocycles. The van der Waals surface area contributed by atoms with Gasteiger partial charge in [0, 0.05) is 29.9 Å². The summed E-state index contributed by atoms with van der Waals surface area (Å²) >= 11 is 0. The second kappa shape index (κ2) is 7.50. The molecule has 3 aromatic rings. The van der Waals surface area contributed by atoms with Crippen molar-refractivity contribution in [1.29, 1.82) is 0 Å². The van der Waals surface area contributed by atoms with E-state index >= 15 is 0 Å². The van der Waals surface area contributed by atoms with Crippen molar-refractivity contribution in [3.8, 4) is 5.69 Å². The highest BCUT2D eigenvalue weighted by Gasteiger charge is 2.31. The van der Waals surface area contributed by atoms with Gasteiger partial charge < -0.3 is 10.6 Å². The Hall–Kier alpha value is -3.48. The van der Waals surface area contributed by atoms with Gasteiger partial charge in [-0.1, -0.05) is 24.3 Å². The van der Waals surface area contributed by atoms with Gasteiger partial charge in [0.15, 0.2) is 0 Å². The third kappa shape index (κ3) is 3.63. The third-order valence-corrected chi connectivity index (χ3v) is 5.25. The lowest BCUT2D eigenvalue weighted by molar-refractivity contribution is -0.126. The number of hydrogen-bond acceptors (Lipinski definition) is 3. The molecule has 7 heteroatoms. The van der Waals surface area contributed by atoms with Crippen molar-refractivity contribution in [2.45, 2.75) is 32.7 Å². The summed E-state index contributed by atoms with van der Waals surface area (Å²) in [6, 6.07) is 13.9. The maximum atomic E-state index is 13.5. The molecule has 1 aliphatic rings. The number of aryl methyl sites for hydroxylation is 1. The number of benzene rings is 2. The molecule has 6 nitrogen and oxygen atoms in total. The number of carbonyl (C=O) groups is 2. The molecule has 0 saturated heterocycles. The summed E-state index contributed by atoms with van der Waals surface area (Å²) in [5, 5.41) is 10.1. The number of amides is 2. The zero-order chi connectivity index (χ0) is 20.5. The standard InChI is InChI=1S/C22H21FN4O2/c1-13-19(14(2)27(26-13)16-6-4-3-5-7-16)12-24-22(29)18-11-21(28)25-20-10-15(23)8-9-17(18)20/h3-10,18H,11-12H2,1-2H3,(H,24,29)(H,25,28). The largest absolute Gasteiger partial charge is 0.351 e. The molecular weight excluding hydrogens is 371 g/mol. The van der Waals surface area contributed by atoms with E-state index in [1.165, 1.54) is 12.1 Å². The smallest absolute Gasteiger partial charge is 0.228 e. The fourth-order valence-corrected chi connectivity index (χ4v) is 3.72. The van der Waals surface area contributed by atoms with Gasteiger partial charge in [0.1, 0.15) is 5.82 Å². The third-order valence-electron chi connectivity index (χ3n) is 5.25. The van der Waals surface area contributed by atoms with Crippen LogP contribution in [0.15, 0.2) is 48.5 Å². The molecule has 1 unspecified atom stereocenters. The van der Waals surface area contributed by atoms with Crippen molar-refractivity contribution in [2.75, 3.05) is 5.32 Å². The molecule has 0 saturated carbocycles. The molecule has 2 amide bonds. The molecule has 0 bridgehead atoms. The zero-order valence-corrected chi connectivity index (χ0v) is 16.2. The Labute approximate surface area is 167 Å². The van der Waals surface area contributed by atoms with E-state index in [1.54, 1.807) is 6.07 Å². The number of nitrogens with one attached hydrogen (secondary N) is 2.